The molecule has 116 valence electrons. The van der Waals surface area contributed by atoms with E-state index in [-0.39, 0.29) is 23.8 Å². The van der Waals surface area contributed by atoms with Gasteiger partial charge in [0.25, 0.3) is 5.91 Å². The van der Waals surface area contributed by atoms with Crippen LogP contribution in [0.3, 0.4) is 0 Å². The third-order valence-electron chi connectivity index (χ3n) is 4.15. The lowest BCUT2D eigenvalue weighted by molar-refractivity contribution is -0.130. The average molecular weight is 310 g/mol. The smallest absolute Gasteiger partial charge is 0.264 e. The Hall–Kier alpha value is -2.73. The zero-order valence-corrected chi connectivity index (χ0v) is 12.2. The fraction of sp³-hybridized carbons (Fsp3) is 0.176. The van der Waals surface area contributed by atoms with Crippen LogP contribution in [0.25, 0.3) is 5.70 Å². The highest BCUT2D eigenvalue weighted by molar-refractivity contribution is 5.96. The van der Waals surface area contributed by atoms with Crippen LogP contribution in [0.2, 0.25) is 0 Å². The maximum absolute atomic E-state index is 13.5. The number of carbonyl (C=O) groups excluding carboxylic acids is 1. The highest BCUT2D eigenvalue weighted by Crippen LogP contribution is 2.29. The molecule has 3 heterocycles. The number of fused-ring (bicyclic) bond motifs is 1. The third-order valence-corrected chi connectivity index (χ3v) is 4.15. The second-order valence-corrected chi connectivity index (χ2v) is 5.59. The number of hydrazine groups is 1. The second kappa shape index (κ2) is 5.48. The summed E-state index contributed by atoms with van der Waals surface area (Å²) in [6, 6.07) is 12.0. The predicted molar refractivity (Wildman–Crippen MR) is 83.1 cm³/mol. The van der Waals surface area contributed by atoms with Gasteiger partial charge < -0.3 is 5.32 Å². The molecule has 0 aliphatic carbocycles. The average Bonchev–Trinajstić information content (AvgIpc) is 3.00. The largest absolute Gasteiger partial charge is 0.363 e. The molecule has 2 aliphatic heterocycles. The van der Waals surface area contributed by atoms with E-state index in [0.717, 1.165) is 5.69 Å². The van der Waals surface area contributed by atoms with Crippen molar-refractivity contribution in [3.05, 3.63) is 71.8 Å². The highest BCUT2D eigenvalue weighted by atomic mass is 19.1. The number of pyridine rings is 1. The van der Waals surface area contributed by atoms with E-state index in [4.69, 9.17) is 0 Å². The van der Waals surface area contributed by atoms with E-state index in [1.807, 2.05) is 18.2 Å². The molecule has 2 unspecified atom stereocenters. The molecule has 1 aromatic carbocycles. The number of carbonyl (C=O) groups is 1. The van der Waals surface area contributed by atoms with E-state index in [0.29, 0.717) is 17.8 Å². The molecule has 0 radical (unpaired) electrons. The molecule has 4 rings (SSSR count). The summed E-state index contributed by atoms with van der Waals surface area (Å²) in [6.45, 7) is 0.616. The van der Waals surface area contributed by atoms with E-state index in [2.05, 4.69) is 15.7 Å². The van der Waals surface area contributed by atoms with Crippen molar-refractivity contribution in [3.8, 4) is 0 Å². The molecular weight excluding hydrogens is 295 g/mol. The van der Waals surface area contributed by atoms with Gasteiger partial charge in [-0.05, 0) is 24.3 Å². The van der Waals surface area contributed by atoms with Gasteiger partial charge in [-0.1, -0.05) is 18.2 Å². The quantitative estimate of drug-likeness (QED) is 0.885. The highest BCUT2D eigenvalue weighted by Gasteiger charge is 2.41. The van der Waals surface area contributed by atoms with Crippen LogP contribution >= 0.6 is 0 Å². The lowest BCUT2D eigenvalue weighted by atomic mass is 10.00. The predicted octanol–water partition coefficient (Wildman–Crippen LogP) is 1.62. The van der Waals surface area contributed by atoms with E-state index in [9.17, 15) is 9.18 Å². The summed E-state index contributed by atoms with van der Waals surface area (Å²) in [5.41, 5.74) is 5.30. The Labute approximate surface area is 132 Å². The van der Waals surface area contributed by atoms with Crippen molar-refractivity contribution >= 4 is 11.6 Å². The third kappa shape index (κ3) is 2.47. The summed E-state index contributed by atoms with van der Waals surface area (Å²) in [6.07, 6.45) is 2.98. The molecule has 0 saturated carbocycles. The minimum atomic E-state index is -0.328. The minimum Gasteiger partial charge on any atom is -0.363 e. The first-order valence-corrected chi connectivity index (χ1v) is 7.44. The van der Waals surface area contributed by atoms with Crippen LogP contribution in [0.1, 0.15) is 17.2 Å². The van der Waals surface area contributed by atoms with Crippen molar-refractivity contribution in [2.24, 2.45) is 0 Å². The molecular formula is C17H15FN4O. The Bertz CT molecular complexity index is 777. The van der Waals surface area contributed by atoms with Gasteiger partial charge in [0.2, 0.25) is 0 Å². The van der Waals surface area contributed by atoms with Crippen LogP contribution in [0.15, 0.2) is 54.7 Å². The minimum absolute atomic E-state index is 0.0254. The molecule has 2 N–H and O–H groups in total. The van der Waals surface area contributed by atoms with Crippen LogP contribution in [-0.4, -0.2) is 28.6 Å². The molecule has 6 heteroatoms. The summed E-state index contributed by atoms with van der Waals surface area (Å²) in [4.78, 5) is 16.7. The van der Waals surface area contributed by atoms with Crippen molar-refractivity contribution in [2.45, 2.75) is 12.1 Å². The normalized spacial score (nSPS) is 23.3. The number of hydrogen-bond donors (Lipinski definition) is 2. The van der Waals surface area contributed by atoms with Gasteiger partial charge in [-0.15, -0.1) is 0 Å². The van der Waals surface area contributed by atoms with Crippen LogP contribution in [0, 0.1) is 5.82 Å². The molecule has 1 fully saturated rings. The number of rotatable bonds is 2. The molecule has 0 bridgehead atoms. The SMILES string of the molecule is O=C1C=C(c2cccc(F)c2)NC2C(c3ccccn3)CNN12. The Morgan fingerprint density at radius 2 is 2.13 bits per heavy atom. The molecule has 5 nitrogen and oxygen atoms in total. The van der Waals surface area contributed by atoms with Crippen LogP contribution < -0.4 is 10.7 Å². The van der Waals surface area contributed by atoms with Gasteiger partial charge in [0.05, 0.1) is 5.92 Å². The van der Waals surface area contributed by atoms with E-state index in [1.54, 1.807) is 23.3 Å². The van der Waals surface area contributed by atoms with E-state index < -0.39 is 0 Å². The number of halogens is 1. The van der Waals surface area contributed by atoms with Gasteiger partial charge >= 0.3 is 0 Å². The lowest BCUT2D eigenvalue weighted by Gasteiger charge is -2.32. The first-order chi connectivity index (χ1) is 11.2. The Morgan fingerprint density at radius 3 is 2.91 bits per heavy atom. The Morgan fingerprint density at radius 1 is 1.22 bits per heavy atom. The number of benzene rings is 1. The molecule has 1 amide bonds. The van der Waals surface area contributed by atoms with E-state index >= 15 is 0 Å². The van der Waals surface area contributed by atoms with Crippen molar-refractivity contribution < 1.29 is 9.18 Å². The molecule has 1 saturated heterocycles. The molecule has 0 spiro atoms. The number of aromatic nitrogens is 1. The number of hydrogen-bond acceptors (Lipinski definition) is 4. The molecule has 1 aromatic heterocycles. The summed E-state index contributed by atoms with van der Waals surface area (Å²) in [5, 5.41) is 4.91. The number of amides is 1. The van der Waals surface area contributed by atoms with Crippen molar-refractivity contribution in [1.82, 2.24) is 20.7 Å². The summed E-state index contributed by atoms with van der Waals surface area (Å²) < 4.78 is 13.5. The second-order valence-electron chi connectivity index (χ2n) is 5.59. The van der Waals surface area contributed by atoms with Crippen molar-refractivity contribution in [2.75, 3.05) is 6.54 Å². The van der Waals surface area contributed by atoms with Crippen LogP contribution in [-0.2, 0) is 4.79 Å². The van der Waals surface area contributed by atoms with Crippen molar-refractivity contribution in [3.63, 3.8) is 0 Å². The molecule has 2 aliphatic rings. The van der Waals surface area contributed by atoms with Crippen molar-refractivity contribution in [1.29, 1.82) is 0 Å². The van der Waals surface area contributed by atoms with Gasteiger partial charge in [-0.25, -0.2) is 9.82 Å². The van der Waals surface area contributed by atoms with E-state index in [1.165, 1.54) is 18.2 Å². The summed E-state index contributed by atoms with van der Waals surface area (Å²) in [5.74, 6) is -0.449. The van der Waals surface area contributed by atoms with Crippen LogP contribution in [0.5, 0.6) is 0 Å². The number of nitrogens with one attached hydrogen (secondary N) is 2. The fourth-order valence-electron chi connectivity index (χ4n) is 3.05. The topological polar surface area (TPSA) is 57.3 Å². The van der Waals surface area contributed by atoms with Gasteiger partial charge in [-0.2, -0.15) is 0 Å². The fourth-order valence-corrected chi connectivity index (χ4v) is 3.05. The zero-order valence-electron chi connectivity index (χ0n) is 12.2. The Balaban J connectivity index is 1.67. The van der Waals surface area contributed by atoms with Gasteiger partial charge in [-0.3, -0.25) is 14.8 Å². The standard InChI is InChI=1S/C17H15FN4O/c18-12-5-3-4-11(8-12)15-9-16(23)22-17(21-15)13(10-20-22)14-6-1-2-7-19-14/h1-9,13,17,20-21H,10H2. The first-order valence-electron chi connectivity index (χ1n) is 7.44. The zero-order chi connectivity index (χ0) is 15.8. The molecule has 2 aromatic rings. The van der Waals surface area contributed by atoms with Gasteiger partial charge in [0.1, 0.15) is 12.0 Å². The van der Waals surface area contributed by atoms with Crippen LogP contribution in [0.4, 0.5) is 4.39 Å². The summed E-state index contributed by atoms with van der Waals surface area (Å²) >= 11 is 0. The monoisotopic (exact) mass is 310 g/mol. The summed E-state index contributed by atoms with van der Waals surface area (Å²) in [7, 11) is 0. The van der Waals surface area contributed by atoms with Gasteiger partial charge in [0, 0.05) is 35.8 Å². The maximum atomic E-state index is 13.5. The Kier molecular flexibility index (Phi) is 3.31. The molecule has 2 atom stereocenters. The lowest BCUT2D eigenvalue weighted by Crippen LogP contribution is -2.52. The van der Waals surface area contributed by atoms with Gasteiger partial charge in [0.15, 0.2) is 0 Å². The first kappa shape index (κ1) is 13.9. The number of nitrogens with zero attached hydrogens (tertiary/aromatic N) is 2. The molecule has 23 heavy (non-hydrogen) atoms. The maximum Gasteiger partial charge on any atom is 0.264 e.